The van der Waals surface area contributed by atoms with Crippen LogP contribution in [0.2, 0.25) is 0 Å². The van der Waals surface area contributed by atoms with Crippen LogP contribution < -0.4 is 4.90 Å². The van der Waals surface area contributed by atoms with Crippen molar-refractivity contribution < 1.29 is 4.42 Å². The van der Waals surface area contributed by atoms with Crippen LogP contribution in [0.15, 0.2) is 148 Å². The molecule has 0 bridgehead atoms. The molecule has 0 saturated carbocycles. The zero-order chi connectivity index (χ0) is 26.6. The van der Waals surface area contributed by atoms with E-state index in [-0.39, 0.29) is 0 Å². The second-order valence-corrected chi connectivity index (χ2v) is 11.4. The summed E-state index contributed by atoms with van der Waals surface area (Å²) in [7, 11) is 0. The Morgan fingerprint density at radius 1 is 0.525 bits per heavy atom. The van der Waals surface area contributed by atoms with Gasteiger partial charge in [-0.25, -0.2) is 0 Å². The normalized spacial score (nSPS) is 12.5. The molecule has 7 aromatic rings. The van der Waals surface area contributed by atoms with E-state index in [1.54, 1.807) is 0 Å². The Morgan fingerprint density at radius 2 is 1.27 bits per heavy atom. The zero-order valence-corrected chi connectivity index (χ0v) is 22.8. The predicted molar refractivity (Wildman–Crippen MR) is 168 cm³/mol. The minimum atomic E-state index is 0.906. The van der Waals surface area contributed by atoms with Crippen LogP contribution in [0, 0.1) is 6.92 Å². The van der Waals surface area contributed by atoms with Crippen LogP contribution in [0.25, 0.3) is 44.2 Å². The quantitative estimate of drug-likeness (QED) is 0.226. The van der Waals surface area contributed by atoms with E-state index in [4.69, 9.17) is 4.42 Å². The fraction of sp³-hybridized carbons (Fsp3) is 0.0270. The molecule has 0 unspecified atom stereocenters. The van der Waals surface area contributed by atoms with Gasteiger partial charge in [0.05, 0.1) is 11.4 Å². The monoisotopic (exact) mass is 531 g/mol. The largest absolute Gasteiger partial charge is 0.456 e. The van der Waals surface area contributed by atoms with Gasteiger partial charge in [0.1, 0.15) is 11.2 Å². The molecule has 8 rings (SSSR count). The topological polar surface area (TPSA) is 16.4 Å². The molecule has 3 heteroatoms. The summed E-state index contributed by atoms with van der Waals surface area (Å²) in [6, 6.07) is 47.8. The smallest absolute Gasteiger partial charge is 0.137 e. The first-order valence-corrected chi connectivity index (χ1v) is 14.3. The summed E-state index contributed by atoms with van der Waals surface area (Å²) in [5.74, 6) is 0. The molecule has 0 spiro atoms. The van der Waals surface area contributed by atoms with Gasteiger partial charge in [0.25, 0.3) is 0 Å². The summed E-state index contributed by atoms with van der Waals surface area (Å²) in [6.45, 7) is 2.19. The lowest BCUT2D eigenvalue weighted by atomic mass is 9.95. The van der Waals surface area contributed by atoms with Gasteiger partial charge in [-0.1, -0.05) is 96.7 Å². The Hall–Kier alpha value is -4.73. The molecule has 0 atom stereocenters. The summed E-state index contributed by atoms with van der Waals surface area (Å²) >= 11 is 1.83. The highest BCUT2D eigenvalue weighted by Gasteiger charge is 2.27. The van der Waals surface area contributed by atoms with Crippen LogP contribution in [0.5, 0.6) is 0 Å². The first kappa shape index (κ1) is 23.2. The van der Waals surface area contributed by atoms with Crippen LogP contribution in [0.3, 0.4) is 0 Å². The number of benzene rings is 6. The van der Waals surface area contributed by atoms with E-state index in [0.29, 0.717) is 0 Å². The van der Waals surface area contributed by atoms with Gasteiger partial charge in [0, 0.05) is 32.3 Å². The van der Waals surface area contributed by atoms with Gasteiger partial charge < -0.3 is 9.32 Å². The average Bonchev–Trinajstić information content (AvgIpc) is 3.36. The van der Waals surface area contributed by atoms with Crippen molar-refractivity contribution in [3.8, 4) is 22.3 Å². The van der Waals surface area contributed by atoms with E-state index < -0.39 is 0 Å². The Balaban J connectivity index is 1.41. The first-order chi connectivity index (χ1) is 19.7. The average molecular weight is 532 g/mol. The van der Waals surface area contributed by atoms with E-state index in [9.17, 15) is 0 Å². The lowest BCUT2D eigenvalue weighted by molar-refractivity contribution is 0.668. The van der Waals surface area contributed by atoms with Crippen molar-refractivity contribution in [1.29, 1.82) is 0 Å². The second kappa shape index (κ2) is 9.18. The highest BCUT2D eigenvalue weighted by Crippen LogP contribution is 2.53. The molecular weight excluding hydrogens is 506 g/mol. The van der Waals surface area contributed by atoms with E-state index in [1.807, 2.05) is 23.9 Å². The van der Waals surface area contributed by atoms with Gasteiger partial charge in [-0.15, -0.1) is 0 Å². The highest BCUT2D eigenvalue weighted by molar-refractivity contribution is 7.99. The van der Waals surface area contributed by atoms with Crippen molar-refractivity contribution in [3.05, 3.63) is 139 Å². The molecule has 6 aromatic carbocycles. The zero-order valence-electron chi connectivity index (χ0n) is 22.0. The standard InChI is InChI=1S/C37H25NOS/c1-24-11-5-6-14-29(24)27-19-26(25-12-3-2-4-13-25)20-28(21-27)38-32-16-8-10-18-36(32)40-37-22-31-30-15-7-9-17-34(30)39-35(31)23-33(37)38/h2-23H,1H3. The Morgan fingerprint density at radius 3 is 2.17 bits per heavy atom. The molecule has 2 heterocycles. The van der Waals surface area contributed by atoms with Gasteiger partial charge in [-0.2, -0.15) is 0 Å². The number of aryl methyl sites for hydroxylation is 1. The van der Waals surface area contributed by atoms with Crippen molar-refractivity contribution >= 4 is 50.8 Å². The van der Waals surface area contributed by atoms with Crippen LogP contribution in [0.4, 0.5) is 17.1 Å². The number of furan rings is 1. The highest BCUT2D eigenvalue weighted by atomic mass is 32.2. The third-order valence-electron chi connectivity index (χ3n) is 7.76. The summed E-state index contributed by atoms with van der Waals surface area (Å²) < 4.78 is 6.36. The van der Waals surface area contributed by atoms with Gasteiger partial charge in [-0.05, 0) is 77.2 Å². The minimum absolute atomic E-state index is 0.906. The maximum Gasteiger partial charge on any atom is 0.137 e. The number of fused-ring (bicyclic) bond motifs is 5. The molecule has 0 aliphatic carbocycles. The number of para-hydroxylation sites is 2. The predicted octanol–water partition coefficient (Wildman–Crippen LogP) is 11.2. The van der Waals surface area contributed by atoms with E-state index in [2.05, 4.69) is 133 Å². The Bertz CT molecular complexity index is 2060. The SMILES string of the molecule is Cc1ccccc1-c1cc(-c2ccccc2)cc(N2c3ccccc3Sc3cc4c(cc32)oc2ccccc24)c1. The lowest BCUT2D eigenvalue weighted by Gasteiger charge is -2.33. The molecule has 1 aliphatic rings. The second-order valence-electron chi connectivity index (χ2n) is 10.3. The summed E-state index contributed by atoms with van der Waals surface area (Å²) in [5.41, 5.74) is 11.4. The molecule has 40 heavy (non-hydrogen) atoms. The van der Waals surface area contributed by atoms with Crippen molar-refractivity contribution in [3.63, 3.8) is 0 Å². The summed E-state index contributed by atoms with van der Waals surface area (Å²) in [5, 5.41) is 2.30. The van der Waals surface area contributed by atoms with Crippen molar-refractivity contribution in [2.75, 3.05) is 4.90 Å². The number of hydrogen-bond acceptors (Lipinski definition) is 3. The van der Waals surface area contributed by atoms with E-state index in [0.717, 1.165) is 33.3 Å². The van der Waals surface area contributed by atoms with Gasteiger partial charge in [0.2, 0.25) is 0 Å². The molecule has 0 fully saturated rings. The number of anilines is 3. The van der Waals surface area contributed by atoms with Crippen LogP contribution in [-0.4, -0.2) is 0 Å². The van der Waals surface area contributed by atoms with Crippen LogP contribution in [0.1, 0.15) is 5.56 Å². The summed E-state index contributed by atoms with van der Waals surface area (Å²) in [4.78, 5) is 4.87. The molecule has 2 nitrogen and oxygen atoms in total. The van der Waals surface area contributed by atoms with Gasteiger partial charge >= 0.3 is 0 Å². The molecule has 190 valence electrons. The first-order valence-electron chi connectivity index (χ1n) is 13.5. The van der Waals surface area contributed by atoms with Gasteiger partial charge in [0.15, 0.2) is 0 Å². The van der Waals surface area contributed by atoms with Crippen LogP contribution in [-0.2, 0) is 0 Å². The molecule has 0 N–H and O–H groups in total. The maximum absolute atomic E-state index is 6.36. The van der Waals surface area contributed by atoms with Crippen LogP contribution >= 0.6 is 11.8 Å². The number of rotatable bonds is 3. The Kier molecular flexibility index (Phi) is 5.32. The number of hydrogen-bond donors (Lipinski definition) is 0. The number of nitrogens with zero attached hydrogens (tertiary/aromatic N) is 1. The molecule has 0 saturated heterocycles. The maximum atomic E-state index is 6.36. The fourth-order valence-electron chi connectivity index (χ4n) is 5.84. The fourth-order valence-corrected chi connectivity index (χ4v) is 6.92. The van der Waals surface area contributed by atoms with E-state index in [1.165, 1.54) is 43.3 Å². The third kappa shape index (κ3) is 3.74. The van der Waals surface area contributed by atoms with Crippen molar-refractivity contribution in [2.24, 2.45) is 0 Å². The van der Waals surface area contributed by atoms with Crippen molar-refractivity contribution in [2.45, 2.75) is 16.7 Å². The van der Waals surface area contributed by atoms with Gasteiger partial charge in [-0.3, -0.25) is 0 Å². The minimum Gasteiger partial charge on any atom is -0.456 e. The Labute approximate surface area is 237 Å². The molecule has 0 radical (unpaired) electrons. The summed E-state index contributed by atoms with van der Waals surface area (Å²) in [6.07, 6.45) is 0. The third-order valence-corrected chi connectivity index (χ3v) is 8.88. The molecule has 1 aliphatic heterocycles. The molecule has 0 amide bonds. The van der Waals surface area contributed by atoms with Crippen molar-refractivity contribution in [1.82, 2.24) is 0 Å². The van der Waals surface area contributed by atoms with E-state index >= 15 is 0 Å². The molecular formula is C37H25NOS. The lowest BCUT2D eigenvalue weighted by Crippen LogP contribution is -2.15. The molecule has 1 aromatic heterocycles.